The summed E-state index contributed by atoms with van der Waals surface area (Å²) in [6.07, 6.45) is -0.0830. The van der Waals surface area contributed by atoms with Crippen LogP contribution in [0.25, 0.3) is 0 Å². The number of hydrogen-bond donors (Lipinski definition) is 2. The second-order valence-electron chi connectivity index (χ2n) is 9.03. The molecule has 1 heterocycles. The summed E-state index contributed by atoms with van der Waals surface area (Å²) >= 11 is 0. The molecule has 2 rings (SSSR count). The SMILES string of the molecule is COC(C(C)C(=O)NC(C)C(O)c1ccccc1)C1CCCN1C(=O)OC(C)(C)C. The van der Waals surface area contributed by atoms with E-state index in [0.29, 0.717) is 6.54 Å². The minimum absolute atomic E-state index is 0.222. The number of ether oxygens (including phenoxy) is 2. The van der Waals surface area contributed by atoms with Gasteiger partial charge in [-0.05, 0) is 46.1 Å². The van der Waals surface area contributed by atoms with Crippen molar-refractivity contribution in [3.8, 4) is 0 Å². The molecule has 0 spiro atoms. The summed E-state index contributed by atoms with van der Waals surface area (Å²) in [4.78, 5) is 27.2. The van der Waals surface area contributed by atoms with Crippen molar-refractivity contribution in [3.63, 3.8) is 0 Å². The van der Waals surface area contributed by atoms with Gasteiger partial charge in [0.05, 0.1) is 30.2 Å². The highest BCUT2D eigenvalue weighted by Gasteiger charge is 2.41. The van der Waals surface area contributed by atoms with Crippen molar-refractivity contribution in [1.29, 1.82) is 0 Å². The lowest BCUT2D eigenvalue weighted by Crippen LogP contribution is -2.51. The largest absolute Gasteiger partial charge is 0.444 e. The molecule has 0 aromatic heterocycles. The van der Waals surface area contributed by atoms with E-state index in [1.807, 2.05) is 51.1 Å². The van der Waals surface area contributed by atoms with Crippen molar-refractivity contribution in [2.24, 2.45) is 5.92 Å². The molecule has 1 aliphatic rings. The Kier molecular flexibility index (Phi) is 8.26. The van der Waals surface area contributed by atoms with E-state index in [0.717, 1.165) is 18.4 Å². The van der Waals surface area contributed by atoms with Gasteiger partial charge in [-0.15, -0.1) is 0 Å². The lowest BCUT2D eigenvalue weighted by molar-refractivity contribution is -0.132. The van der Waals surface area contributed by atoms with Gasteiger partial charge in [-0.1, -0.05) is 37.3 Å². The zero-order valence-corrected chi connectivity index (χ0v) is 18.9. The molecule has 2 N–H and O–H groups in total. The Bertz CT molecular complexity index is 703. The van der Waals surface area contributed by atoms with Crippen LogP contribution in [0.3, 0.4) is 0 Å². The zero-order valence-electron chi connectivity index (χ0n) is 18.9. The minimum Gasteiger partial charge on any atom is -0.444 e. The summed E-state index contributed by atoms with van der Waals surface area (Å²) in [5.41, 5.74) is 0.159. The van der Waals surface area contributed by atoms with Crippen LogP contribution in [-0.2, 0) is 14.3 Å². The molecule has 1 aromatic carbocycles. The summed E-state index contributed by atoms with van der Waals surface area (Å²) in [5, 5.41) is 13.4. The smallest absolute Gasteiger partial charge is 0.410 e. The third-order valence-electron chi connectivity index (χ3n) is 5.47. The first-order valence-electron chi connectivity index (χ1n) is 10.6. The summed E-state index contributed by atoms with van der Waals surface area (Å²) in [6, 6.07) is 8.52. The molecule has 0 saturated carbocycles. The van der Waals surface area contributed by atoms with Gasteiger partial charge in [0, 0.05) is 13.7 Å². The van der Waals surface area contributed by atoms with Crippen LogP contribution in [0.5, 0.6) is 0 Å². The minimum atomic E-state index is -0.812. The molecule has 0 radical (unpaired) electrons. The summed E-state index contributed by atoms with van der Waals surface area (Å²) in [6.45, 7) is 9.64. The molecule has 7 nitrogen and oxygen atoms in total. The standard InChI is InChI=1S/C23H36N2O5/c1-15(21(27)24-16(2)19(26)17-11-8-7-9-12-17)20(29-6)18-13-10-14-25(18)22(28)30-23(3,4)5/h7-9,11-12,15-16,18-20,26H,10,13-14H2,1-6H3,(H,24,27). The molecule has 0 bridgehead atoms. The molecule has 7 heteroatoms. The Morgan fingerprint density at radius 1 is 1.20 bits per heavy atom. The number of carbonyl (C=O) groups is 2. The summed E-state index contributed by atoms with van der Waals surface area (Å²) in [7, 11) is 1.56. The first-order valence-corrected chi connectivity index (χ1v) is 10.6. The van der Waals surface area contributed by atoms with E-state index in [-0.39, 0.29) is 18.0 Å². The number of hydrogen-bond acceptors (Lipinski definition) is 5. The average molecular weight is 421 g/mol. The van der Waals surface area contributed by atoms with Gasteiger partial charge in [0.2, 0.25) is 5.91 Å². The molecular formula is C23H36N2O5. The molecule has 2 amide bonds. The van der Waals surface area contributed by atoms with Crippen molar-refractivity contribution in [2.45, 2.75) is 77.4 Å². The second-order valence-corrected chi connectivity index (χ2v) is 9.03. The number of carbonyl (C=O) groups excluding carboxylic acids is 2. The molecule has 1 saturated heterocycles. The molecule has 1 aromatic rings. The highest BCUT2D eigenvalue weighted by molar-refractivity contribution is 5.79. The van der Waals surface area contributed by atoms with Crippen molar-refractivity contribution in [1.82, 2.24) is 10.2 Å². The van der Waals surface area contributed by atoms with Gasteiger partial charge in [0.25, 0.3) is 0 Å². The monoisotopic (exact) mass is 420 g/mol. The van der Waals surface area contributed by atoms with Crippen molar-refractivity contribution in [3.05, 3.63) is 35.9 Å². The summed E-state index contributed by atoms with van der Waals surface area (Å²) < 4.78 is 11.2. The van der Waals surface area contributed by atoms with E-state index in [2.05, 4.69) is 5.32 Å². The molecule has 5 atom stereocenters. The average Bonchev–Trinajstić information content (AvgIpc) is 3.16. The number of aliphatic hydroxyl groups is 1. The van der Waals surface area contributed by atoms with E-state index in [1.165, 1.54) is 0 Å². The third-order valence-corrected chi connectivity index (χ3v) is 5.47. The lowest BCUT2D eigenvalue weighted by Gasteiger charge is -2.35. The van der Waals surface area contributed by atoms with Gasteiger partial charge in [-0.25, -0.2) is 4.79 Å². The molecule has 1 aliphatic heterocycles. The molecule has 1 fully saturated rings. The molecule has 0 aliphatic carbocycles. The fraction of sp³-hybridized carbons (Fsp3) is 0.652. The number of nitrogens with one attached hydrogen (secondary N) is 1. The van der Waals surface area contributed by atoms with Gasteiger partial charge >= 0.3 is 6.09 Å². The van der Waals surface area contributed by atoms with Crippen LogP contribution in [0.4, 0.5) is 4.79 Å². The highest BCUT2D eigenvalue weighted by atomic mass is 16.6. The fourth-order valence-corrected chi connectivity index (χ4v) is 3.90. The van der Waals surface area contributed by atoms with Gasteiger partial charge in [-0.3, -0.25) is 4.79 Å². The van der Waals surface area contributed by atoms with E-state index in [1.54, 1.807) is 25.9 Å². The number of benzene rings is 1. The van der Waals surface area contributed by atoms with Crippen LogP contribution >= 0.6 is 0 Å². The normalized spacial score (nSPS) is 20.9. The van der Waals surface area contributed by atoms with E-state index >= 15 is 0 Å². The Hall–Kier alpha value is -2.12. The van der Waals surface area contributed by atoms with Crippen LogP contribution in [0.2, 0.25) is 0 Å². The van der Waals surface area contributed by atoms with Crippen LogP contribution in [-0.4, -0.2) is 59.5 Å². The van der Waals surface area contributed by atoms with E-state index in [4.69, 9.17) is 9.47 Å². The first-order chi connectivity index (χ1) is 14.0. The molecule has 5 unspecified atom stereocenters. The van der Waals surface area contributed by atoms with Crippen molar-refractivity contribution < 1.29 is 24.2 Å². The Balaban J connectivity index is 2.04. The number of amides is 2. The van der Waals surface area contributed by atoms with Crippen LogP contribution in [0.15, 0.2) is 30.3 Å². The third kappa shape index (κ3) is 6.19. The predicted octanol–water partition coefficient (Wildman–Crippen LogP) is 3.28. The highest BCUT2D eigenvalue weighted by Crippen LogP contribution is 2.28. The van der Waals surface area contributed by atoms with Gasteiger partial charge in [0.1, 0.15) is 5.60 Å². The van der Waals surface area contributed by atoms with Crippen LogP contribution in [0.1, 0.15) is 59.1 Å². The lowest BCUT2D eigenvalue weighted by atomic mass is 9.94. The maximum absolute atomic E-state index is 12.9. The topological polar surface area (TPSA) is 88.1 Å². The van der Waals surface area contributed by atoms with Gasteiger partial charge < -0.3 is 24.8 Å². The van der Waals surface area contributed by atoms with E-state index in [9.17, 15) is 14.7 Å². The second kappa shape index (κ2) is 10.3. The van der Waals surface area contributed by atoms with Crippen molar-refractivity contribution in [2.75, 3.05) is 13.7 Å². The maximum atomic E-state index is 12.9. The fourth-order valence-electron chi connectivity index (χ4n) is 3.90. The first kappa shape index (κ1) is 24.2. The number of likely N-dealkylation sites (tertiary alicyclic amines) is 1. The molecular weight excluding hydrogens is 384 g/mol. The Morgan fingerprint density at radius 2 is 1.83 bits per heavy atom. The predicted molar refractivity (Wildman–Crippen MR) is 115 cm³/mol. The molecule has 30 heavy (non-hydrogen) atoms. The van der Waals surface area contributed by atoms with Gasteiger partial charge in [0.15, 0.2) is 0 Å². The summed E-state index contributed by atoms with van der Waals surface area (Å²) in [5.74, 6) is -0.728. The Labute approximate surface area is 179 Å². The van der Waals surface area contributed by atoms with Crippen LogP contribution in [0, 0.1) is 5.92 Å². The van der Waals surface area contributed by atoms with Gasteiger partial charge in [-0.2, -0.15) is 0 Å². The number of aliphatic hydroxyl groups excluding tert-OH is 1. The van der Waals surface area contributed by atoms with Crippen molar-refractivity contribution >= 4 is 12.0 Å². The number of nitrogens with zero attached hydrogens (tertiary/aromatic N) is 1. The maximum Gasteiger partial charge on any atom is 0.410 e. The quantitative estimate of drug-likeness (QED) is 0.707. The molecule has 168 valence electrons. The van der Waals surface area contributed by atoms with Crippen LogP contribution < -0.4 is 5.32 Å². The number of rotatable bonds is 7. The zero-order chi connectivity index (χ0) is 22.5. The van der Waals surface area contributed by atoms with E-state index < -0.39 is 29.8 Å². The number of methoxy groups -OCH3 is 1. The Morgan fingerprint density at radius 3 is 2.40 bits per heavy atom.